The zero-order valence-electron chi connectivity index (χ0n) is 15.2. The van der Waals surface area contributed by atoms with E-state index in [1.807, 2.05) is 26.0 Å². The largest absolute Gasteiger partial charge is 0.481 e. The second kappa shape index (κ2) is 7.38. The number of carbonyl (C=O) groups is 1. The van der Waals surface area contributed by atoms with E-state index < -0.39 is 17.7 Å². The lowest BCUT2D eigenvalue weighted by atomic mass is 9.99. The van der Waals surface area contributed by atoms with Crippen LogP contribution >= 0.6 is 0 Å². The molecule has 5 nitrogen and oxygen atoms in total. The van der Waals surface area contributed by atoms with Crippen molar-refractivity contribution in [1.29, 1.82) is 0 Å². The Morgan fingerprint density at radius 2 is 1.82 bits per heavy atom. The third-order valence-electron chi connectivity index (χ3n) is 4.32. The van der Waals surface area contributed by atoms with Gasteiger partial charge in [-0.25, -0.2) is 4.68 Å². The molecular formula is C20H18F3N3O2. The lowest BCUT2D eigenvalue weighted by Gasteiger charge is -2.12. The molecule has 0 radical (unpaired) electrons. The van der Waals surface area contributed by atoms with Gasteiger partial charge in [-0.1, -0.05) is 6.07 Å². The van der Waals surface area contributed by atoms with E-state index >= 15 is 0 Å². The monoisotopic (exact) mass is 389 g/mol. The molecule has 0 aliphatic carbocycles. The average molecular weight is 389 g/mol. The predicted octanol–water partition coefficient (Wildman–Crippen LogP) is 4.88. The van der Waals surface area contributed by atoms with Crippen molar-refractivity contribution in [2.75, 3.05) is 5.32 Å². The van der Waals surface area contributed by atoms with E-state index in [1.54, 1.807) is 18.3 Å². The molecule has 0 aliphatic rings. The lowest BCUT2D eigenvalue weighted by molar-refractivity contribution is -0.138. The molecule has 2 N–H and O–H groups in total. The number of halogens is 3. The summed E-state index contributed by atoms with van der Waals surface area (Å²) in [6, 6.07) is 10.2. The maximum absolute atomic E-state index is 12.9. The van der Waals surface area contributed by atoms with Gasteiger partial charge < -0.3 is 10.4 Å². The standard InChI is InChI=1S/C20H18F3N3O2/c1-12-8-15(9-13(2)17(12)11-19(27)28)24-18-6-7-26(25-18)16-5-3-4-14(10-16)20(21,22)23/h3-10H,11H2,1-2H3,(H,24,25)(H,27,28). The van der Waals surface area contributed by atoms with E-state index in [2.05, 4.69) is 10.4 Å². The molecule has 146 valence electrons. The van der Waals surface area contributed by atoms with Crippen LogP contribution in [0.1, 0.15) is 22.3 Å². The molecule has 1 aromatic heterocycles. The molecular weight excluding hydrogens is 371 g/mol. The number of aliphatic carboxylic acids is 1. The highest BCUT2D eigenvalue weighted by Crippen LogP contribution is 2.30. The fourth-order valence-corrected chi connectivity index (χ4v) is 3.00. The van der Waals surface area contributed by atoms with Crippen LogP contribution in [0.4, 0.5) is 24.7 Å². The molecule has 0 spiro atoms. The second-order valence-corrected chi connectivity index (χ2v) is 6.48. The minimum atomic E-state index is -4.42. The SMILES string of the molecule is Cc1cc(Nc2ccn(-c3cccc(C(F)(F)F)c3)n2)cc(C)c1CC(=O)O. The molecule has 0 bridgehead atoms. The molecule has 0 unspecified atom stereocenters. The van der Waals surface area contributed by atoms with Crippen LogP contribution in [0.3, 0.4) is 0 Å². The molecule has 1 heterocycles. The summed E-state index contributed by atoms with van der Waals surface area (Å²) in [5.41, 5.74) is 2.71. The number of hydrogen-bond donors (Lipinski definition) is 2. The summed E-state index contributed by atoms with van der Waals surface area (Å²) in [5.74, 6) is -0.436. The molecule has 0 amide bonds. The number of hydrogen-bond acceptors (Lipinski definition) is 3. The number of benzene rings is 2. The number of aromatic nitrogens is 2. The van der Waals surface area contributed by atoms with Crippen molar-refractivity contribution >= 4 is 17.5 Å². The van der Waals surface area contributed by atoms with Gasteiger partial charge in [-0.3, -0.25) is 4.79 Å². The fraction of sp³-hybridized carbons (Fsp3) is 0.200. The summed E-state index contributed by atoms with van der Waals surface area (Å²) in [4.78, 5) is 11.0. The van der Waals surface area contributed by atoms with Crippen molar-refractivity contribution in [3.05, 3.63) is 70.9 Å². The van der Waals surface area contributed by atoms with Crippen LogP contribution in [0.5, 0.6) is 0 Å². The van der Waals surface area contributed by atoms with Crippen molar-refractivity contribution in [3.8, 4) is 5.69 Å². The van der Waals surface area contributed by atoms with Gasteiger partial charge in [0.05, 0.1) is 17.7 Å². The number of alkyl halides is 3. The average Bonchev–Trinajstić information content (AvgIpc) is 3.06. The summed E-state index contributed by atoms with van der Waals surface area (Å²) in [5, 5.41) is 16.4. The maximum atomic E-state index is 12.9. The lowest BCUT2D eigenvalue weighted by Crippen LogP contribution is -2.06. The smallest absolute Gasteiger partial charge is 0.416 e. The van der Waals surface area contributed by atoms with Crippen molar-refractivity contribution in [1.82, 2.24) is 9.78 Å². The van der Waals surface area contributed by atoms with Crippen molar-refractivity contribution in [2.45, 2.75) is 26.4 Å². The van der Waals surface area contributed by atoms with E-state index in [0.717, 1.165) is 34.5 Å². The van der Waals surface area contributed by atoms with Crippen LogP contribution in [-0.2, 0) is 17.4 Å². The number of nitrogens with zero attached hydrogens (tertiary/aromatic N) is 2. The quantitative estimate of drug-likeness (QED) is 0.653. The Bertz CT molecular complexity index is 1000. The number of carboxylic acid groups (broad SMARTS) is 1. The molecule has 0 aliphatic heterocycles. The Morgan fingerprint density at radius 3 is 2.43 bits per heavy atom. The Balaban J connectivity index is 1.83. The van der Waals surface area contributed by atoms with E-state index in [1.165, 1.54) is 10.7 Å². The van der Waals surface area contributed by atoms with Gasteiger partial charge in [-0.15, -0.1) is 0 Å². The summed E-state index contributed by atoms with van der Waals surface area (Å²) in [7, 11) is 0. The van der Waals surface area contributed by atoms with Crippen LogP contribution in [0.25, 0.3) is 5.69 Å². The Hall–Kier alpha value is -3.29. The first kappa shape index (κ1) is 19.5. The summed E-state index contributed by atoms with van der Waals surface area (Å²) in [6.45, 7) is 3.66. The van der Waals surface area contributed by atoms with Crippen molar-refractivity contribution < 1.29 is 23.1 Å². The Morgan fingerprint density at radius 1 is 1.14 bits per heavy atom. The molecule has 0 atom stereocenters. The van der Waals surface area contributed by atoms with Gasteiger partial charge in [-0.05, 0) is 60.9 Å². The molecule has 3 aromatic rings. The highest BCUT2D eigenvalue weighted by Gasteiger charge is 2.30. The van der Waals surface area contributed by atoms with Crippen molar-refractivity contribution in [2.24, 2.45) is 0 Å². The normalized spacial score (nSPS) is 11.5. The van der Waals surface area contributed by atoms with E-state index in [4.69, 9.17) is 5.11 Å². The summed E-state index contributed by atoms with van der Waals surface area (Å²) < 4.78 is 40.0. The highest BCUT2D eigenvalue weighted by atomic mass is 19.4. The number of carboxylic acids is 1. The predicted molar refractivity (Wildman–Crippen MR) is 99.1 cm³/mol. The number of rotatable bonds is 5. The third kappa shape index (κ3) is 4.33. The summed E-state index contributed by atoms with van der Waals surface area (Å²) in [6.07, 6.45) is -2.91. The Labute approximate surface area is 159 Å². The van der Waals surface area contributed by atoms with E-state index in [0.29, 0.717) is 11.5 Å². The zero-order valence-corrected chi connectivity index (χ0v) is 15.2. The molecule has 0 fully saturated rings. The first-order chi connectivity index (χ1) is 13.1. The van der Waals surface area contributed by atoms with Gasteiger partial charge >= 0.3 is 12.1 Å². The fourth-order valence-electron chi connectivity index (χ4n) is 3.00. The molecule has 0 saturated heterocycles. The van der Waals surface area contributed by atoms with Gasteiger partial charge in [0.25, 0.3) is 0 Å². The van der Waals surface area contributed by atoms with Crippen LogP contribution in [0.15, 0.2) is 48.7 Å². The van der Waals surface area contributed by atoms with Crippen LogP contribution in [0.2, 0.25) is 0 Å². The minimum Gasteiger partial charge on any atom is -0.481 e. The van der Waals surface area contributed by atoms with E-state index in [9.17, 15) is 18.0 Å². The number of nitrogens with one attached hydrogen (secondary N) is 1. The highest BCUT2D eigenvalue weighted by molar-refractivity contribution is 5.72. The maximum Gasteiger partial charge on any atom is 0.416 e. The second-order valence-electron chi connectivity index (χ2n) is 6.48. The van der Waals surface area contributed by atoms with Gasteiger partial charge in [0.1, 0.15) is 0 Å². The topological polar surface area (TPSA) is 67.2 Å². The minimum absolute atomic E-state index is 0.0535. The van der Waals surface area contributed by atoms with Gasteiger partial charge in [0, 0.05) is 18.0 Å². The molecule has 8 heteroatoms. The molecule has 3 rings (SSSR count). The molecule has 28 heavy (non-hydrogen) atoms. The molecule has 0 saturated carbocycles. The van der Waals surface area contributed by atoms with Crippen LogP contribution < -0.4 is 5.32 Å². The summed E-state index contributed by atoms with van der Waals surface area (Å²) >= 11 is 0. The van der Waals surface area contributed by atoms with Crippen LogP contribution in [-0.4, -0.2) is 20.9 Å². The first-order valence-corrected chi connectivity index (χ1v) is 8.46. The molecule has 2 aromatic carbocycles. The van der Waals surface area contributed by atoms with Crippen LogP contribution in [0, 0.1) is 13.8 Å². The van der Waals surface area contributed by atoms with Crippen molar-refractivity contribution in [3.63, 3.8) is 0 Å². The van der Waals surface area contributed by atoms with E-state index in [-0.39, 0.29) is 6.42 Å². The first-order valence-electron chi connectivity index (χ1n) is 8.46. The van der Waals surface area contributed by atoms with Gasteiger partial charge in [0.15, 0.2) is 5.82 Å². The third-order valence-corrected chi connectivity index (χ3v) is 4.32. The Kier molecular flexibility index (Phi) is 5.13. The number of anilines is 2. The zero-order chi connectivity index (χ0) is 20.5. The van der Waals surface area contributed by atoms with Gasteiger partial charge in [0.2, 0.25) is 0 Å². The number of aryl methyl sites for hydroxylation is 2. The van der Waals surface area contributed by atoms with Gasteiger partial charge in [-0.2, -0.15) is 18.3 Å².